The first-order valence-corrected chi connectivity index (χ1v) is 12.1. The number of nitrogens with zero attached hydrogens (tertiary/aromatic N) is 1. The fourth-order valence-electron chi connectivity index (χ4n) is 3.53. The van der Waals surface area contributed by atoms with Crippen molar-refractivity contribution in [1.29, 1.82) is 0 Å². The fraction of sp³-hybridized carbons (Fsp3) is 0.0800. The third-order valence-electron chi connectivity index (χ3n) is 5.19. The second kappa shape index (κ2) is 10.0. The van der Waals surface area contributed by atoms with Gasteiger partial charge in [-0.25, -0.2) is 9.69 Å². The minimum atomic E-state index is -0.733. The monoisotopic (exact) mass is 592 g/mol. The molecule has 3 aromatic rings. The molecule has 0 saturated heterocycles. The Hall–Kier alpha value is -2.84. The number of carbonyl (C=O) groups excluding carboxylic acids is 3. The molecule has 0 aromatic heterocycles. The Kier molecular flexibility index (Phi) is 7.24. The van der Waals surface area contributed by atoms with E-state index < -0.39 is 17.8 Å². The molecule has 1 N–H and O–H groups in total. The largest absolute Gasteiger partial charge is 0.422 e. The number of halogens is 4. The van der Waals surface area contributed by atoms with Crippen molar-refractivity contribution < 1.29 is 19.1 Å². The van der Waals surface area contributed by atoms with E-state index in [9.17, 15) is 14.4 Å². The van der Waals surface area contributed by atoms with Gasteiger partial charge in [0.15, 0.2) is 0 Å². The van der Waals surface area contributed by atoms with Gasteiger partial charge in [0.1, 0.15) is 16.5 Å². The molecule has 0 aliphatic carbocycles. The number of ether oxygens (including phenoxy) is 1. The van der Waals surface area contributed by atoms with E-state index in [0.717, 1.165) is 20.5 Å². The number of hydrogen-bond donors (Lipinski definition) is 1. The number of benzene rings is 3. The van der Waals surface area contributed by atoms with Gasteiger partial charge in [0, 0.05) is 15.2 Å². The molecule has 0 fully saturated rings. The maximum atomic E-state index is 13.0. The maximum absolute atomic E-state index is 13.0. The summed E-state index contributed by atoms with van der Waals surface area (Å²) in [5, 5.41) is 3.02. The SMILES string of the molecule is Cc1cc(Br)cc(C)c1OC(=O)c1ccc(NC2=C(Cl)C(=O)N(c3cc(Cl)ccc3Cl)C2=O)cc1. The average Bonchev–Trinajstić information content (AvgIpc) is 3.01. The third-order valence-corrected chi connectivity index (χ3v) is 6.55. The lowest BCUT2D eigenvalue weighted by molar-refractivity contribution is -0.120. The lowest BCUT2D eigenvalue weighted by atomic mass is 10.1. The Morgan fingerprint density at radius 2 is 1.54 bits per heavy atom. The molecule has 0 saturated carbocycles. The lowest BCUT2D eigenvalue weighted by Crippen LogP contribution is -2.32. The second-order valence-electron chi connectivity index (χ2n) is 7.69. The highest BCUT2D eigenvalue weighted by molar-refractivity contribution is 9.10. The predicted octanol–water partition coefficient (Wildman–Crippen LogP) is 7.03. The summed E-state index contributed by atoms with van der Waals surface area (Å²) in [4.78, 5) is 39.2. The van der Waals surface area contributed by atoms with E-state index in [1.165, 1.54) is 24.3 Å². The summed E-state index contributed by atoms with van der Waals surface area (Å²) in [6.45, 7) is 3.70. The quantitative estimate of drug-likeness (QED) is 0.195. The molecule has 1 aliphatic rings. The van der Waals surface area contributed by atoms with Gasteiger partial charge < -0.3 is 10.1 Å². The van der Waals surface area contributed by atoms with Crippen LogP contribution in [-0.2, 0) is 9.59 Å². The van der Waals surface area contributed by atoms with Crippen LogP contribution in [0.15, 0.2) is 69.8 Å². The molecule has 10 heteroatoms. The van der Waals surface area contributed by atoms with Crippen LogP contribution in [0.25, 0.3) is 0 Å². The number of rotatable bonds is 5. The van der Waals surface area contributed by atoms with Crippen molar-refractivity contribution in [3.8, 4) is 5.75 Å². The summed E-state index contributed by atoms with van der Waals surface area (Å²) >= 11 is 21.8. The highest BCUT2D eigenvalue weighted by atomic mass is 79.9. The van der Waals surface area contributed by atoms with Crippen molar-refractivity contribution in [2.75, 3.05) is 10.2 Å². The zero-order valence-electron chi connectivity index (χ0n) is 18.3. The van der Waals surface area contributed by atoms with E-state index in [-0.39, 0.29) is 21.4 Å². The maximum Gasteiger partial charge on any atom is 0.343 e. The molecule has 4 rings (SSSR count). The van der Waals surface area contributed by atoms with Gasteiger partial charge in [-0.1, -0.05) is 50.7 Å². The smallest absolute Gasteiger partial charge is 0.343 e. The Morgan fingerprint density at radius 3 is 2.17 bits per heavy atom. The minimum absolute atomic E-state index is 0.121. The molecule has 0 bridgehead atoms. The van der Waals surface area contributed by atoms with Crippen LogP contribution in [0.5, 0.6) is 5.75 Å². The molecule has 178 valence electrons. The van der Waals surface area contributed by atoms with Gasteiger partial charge in [0.25, 0.3) is 11.8 Å². The zero-order valence-corrected chi connectivity index (χ0v) is 22.1. The number of nitrogens with one attached hydrogen (secondary N) is 1. The Labute approximate surface area is 224 Å². The number of imide groups is 1. The molecule has 2 amide bonds. The lowest BCUT2D eigenvalue weighted by Gasteiger charge is -2.17. The van der Waals surface area contributed by atoms with Gasteiger partial charge in [-0.2, -0.15) is 0 Å². The van der Waals surface area contributed by atoms with E-state index >= 15 is 0 Å². The van der Waals surface area contributed by atoms with E-state index in [2.05, 4.69) is 21.2 Å². The van der Waals surface area contributed by atoms with E-state index in [1.54, 1.807) is 18.2 Å². The van der Waals surface area contributed by atoms with E-state index in [1.807, 2.05) is 26.0 Å². The standard InChI is InChI=1S/C25H16BrCl3N2O4/c1-12-9-15(26)10-13(2)22(12)35-25(34)14-3-6-17(7-4-14)30-21-20(29)23(32)31(24(21)33)19-11-16(27)5-8-18(19)28/h3-11,30H,1-2H3. The topological polar surface area (TPSA) is 75.7 Å². The summed E-state index contributed by atoms with van der Waals surface area (Å²) in [6, 6.07) is 14.4. The van der Waals surface area contributed by atoms with E-state index in [0.29, 0.717) is 22.0 Å². The molecule has 0 atom stereocenters. The van der Waals surface area contributed by atoms with Crippen LogP contribution in [0.4, 0.5) is 11.4 Å². The summed E-state index contributed by atoms with van der Waals surface area (Å²) in [5.41, 5.74) is 2.38. The van der Waals surface area contributed by atoms with Crippen LogP contribution in [0.2, 0.25) is 10.0 Å². The van der Waals surface area contributed by atoms with Gasteiger partial charge in [0.05, 0.1) is 16.3 Å². The van der Waals surface area contributed by atoms with Crippen molar-refractivity contribution in [3.63, 3.8) is 0 Å². The highest BCUT2D eigenvalue weighted by Gasteiger charge is 2.40. The Morgan fingerprint density at radius 1 is 0.914 bits per heavy atom. The molecule has 3 aromatic carbocycles. The van der Waals surface area contributed by atoms with Crippen LogP contribution >= 0.6 is 50.7 Å². The van der Waals surface area contributed by atoms with Crippen LogP contribution < -0.4 is 15.0 Å². The molecule has 6 nitrogen and oxygen atoms in total. The first-order valence-electron chi connectivity index (χ1n) is 10.2. The molecular weight excluding hydrogens is 579 g/mol. The van der Waals surface area contributed by atoms with Gasteiger partial charge in [-0.3, -0.25) is 9.59 Å². The van der Waals surface area contributed by atoms with Crippen LogP contribution in [0.1, 0.15) is 21.5 Å². The summed E-state index contributed by atoms with van der Waals surface area (Å²) in [5.74, 6) is -1.46. The van der Waals surface area contributed by atoms with Crippen molar-refractivity contribution in [3.05, 3.63) is 96.5 Å². The number of amides is 2. The van der Waals surface area contributed by atoms with Crippen molar-refractivity contribution in [1.82, 2.24) is 0 Å². The van der Waals surface area contributed by atoms with Gasteiger partial charge in [-0.15, -0.1) is 0 Å². The zero-order chi connectivity index (χ0) is 25.4. The third kappa shape index (κ3) is 5.09. The number of aryl methyl sites for hydroxylation is 2. The minimum Gasteiger partial charge on any atom is -0.422 e. The second-order valence-corrected chi connectivity index (χ2v) is 9.83. The molecule has 35 heavy (non-hydrogen) atoms. The summed E-state index contributed by atoms with van der Waals surface area (Å²) < 4.78 is 6.48. The predicted molar refractivity (Wildman–Crippen MR) is 140 cm³/mol. The summed E-state index contributed by atoms with van der Waals surface area (Å²) in [7, 11) is 0. The number of hydrogen-bond acceptors (Lipinski definition) is 5. The van der Waals surface area contributed by atoms with Crippen molar-refractivity contribution in [2.45, 2.75) is 13.8 Å². The highest BCUT2D eigenvalue weighted by Crippen LogP contribution is 2.36. The number of esters is 1. The first-order chi connectivity index (χ1) is 16.6. The summed E-state index contributed by atoms with van der Waals surface area (Å²) in [6.07, 6.45) is 0. The van der Waals surface area contributed by atoms with E-state index in [4.69, 9.17) is 39.5 Å². The Balaban J connectivity index is 1.51. The van der Waals surface area contributed by atoms with Crippen LogP contribution in [0, 0.1) is 13.8 Å². The number of anilines is 2. The van der Waals surface area contributed by atoms with Crippen LogP contribution in [-0.4, -0.2) is 17.8 Å². The van der Waals surface area contributed by atoms with Gasteiger partial charge in [-0.05, 0) is 79.6 Å². The average molecular weight is 595 g/mol. The molecule has 0 radical (unpaired) electrons. The fourth-order valence-corrected chi connectivity index (χ4v) is 4.80. The van der Waals surface area contributed by atoms with Crippen LogP contribution in [0.3, 0.4) is 0 Å². The van der Waals surface area contributed by atoms with Crippen molar-refractivity contribution in [2.24, 2.45) is 0 Å². The Bertz CT molecular complexity index is 1400. The molecular formula is C25H16BrCl3N2O4. The van der Waals surface area contributed by atoms with Gasteiger partial charge in [0.2, 0.25) is 0 Å². The van der Waals surface area contributed by atoms with Crippen molar-refractivity contribution >= 4 is 79.9 Å². The molecule has 1 heterocycles. The number of carbonyl (C=O) groups is 3. The van der Waals surface area contributed by atoms with Gasteiger partial charge >= 0.3 is 5.97 Å². The molecule has 0 unspecified atom stereocenters. The first kappa shape index (κ1) is 25.3. The molecule has 1 aliphatic heterocycles. The molecule has 0 spiro atoms. The normalized spacial score (nSPS) is 13.5.